The molecule has 0 saturated carbocycles. The lowest BCUT2D eigenvalue weighted by atomic mass is 10.3. The molecule has 9 nitrogen and oxygen atoms in total. The second kappa shape index (κ2) is 8.32. The Hall–Kier alpha value is -3.50. The van der Waals surface area contributed by atoms with Gasteiger partial charge in [-0.3, -0.25) is 10.3 Å². The van der Waals surface area contributed by atoms with Crippen LogP contribution in [-0.4, -0.2) is 33.3 Å². The number of hydrogen-bond acceptors (Lipinski definition) is 7. The van der Waals surface area contributed by atoms with E-state index in [9.17, 15) is 13.2 Å². The number of carbonyl (C=O) groups excluding carboxylic acids is 1. The first-order valence-corrected chi connectivity index (χ1v) is 10.7. The number of anilines is 2. The summed E-state index contributed by atoms with van der Waals surface area (Å²) in [4.78, 5) is 15.9. The molecule has 2 heterocycles. The number of nitrogens with zero attached hydrogens (tertiary/aromatic N) is 2. The van der Waals surface area contributed by atoms with Gasteiger partial charge in [0.15, 0.2) is 6.73 Å². The van der Waals surface area contributed by atoms with Crippen LogP contribution in [0.15, 0.2) is 65.8 Å². The fourth-order valence-corrected chi connectivity index (χ4v) is 4.68. The van der Waals surface area contributed by atoms with Crippen molar-refractivity contribution in [2.45, 2.75) is 4.90 Å². The van der Waals surface area contributed by atoms with Crippen molar-refractivity contribution in [3.8, 4) is 17.2 Å². The maximum absolute atomic E-state index is 13.3. The van der Waals surface area contributed by atoms with Gasteiger partial charge in [0.25, 0.3) is 10.0 Å². The molecule has 1 aromatic heterocycles. The zero-order chi connectivity index (χ0) is 22.0. The quantitative estimate of drug-likeness (QED) is 0.614. The van der Waals surface area contributed by atoms with Crippen molar-refractivity contribution >= 4 is 39.1 Å². The summed E-state index contributed by atoms with van der Waals surface area (Å²) in [7, 11) is -2.71. The number of hydrogen-bond donors (Lipinski definition) is 1. The van der Waals surface area contributed by atoms with E-state index in [0.29, 0.717) is 11.4 Å². The van der Waals surface area contributed by atoms with Crippen molar-refractivity contribution in [2.75, 3.05) is 23.5 Å². The van der Waals surface area contributed by atoms with Crippen LogP contribution in [0.5, 0.6) is 17.2 Å². The van der Waals surface area contributed by atoms with Gasteiger partial charge in [0.1, 0.15) is 27.8 Å². The minimum Gasteiger partial charge on any atom is -0.495 e. The predicted octanol–water partition coefficient (Wildman–Crippen LogP) is 3.90. The molecule has 1 amide bonds. The number of ether oxygens (including phenoxy) is 3. The Bertz CT molecular complexity index is 1240. The first-order valence-electron chi connectivity index (χ1n) is 8.90. The predicted molar refractivity (Wildman–Crippen MR) is 113 cm³/mol. The molecule has 11 heteroatoms. The zero-order valence-corrected chi connectivity index (χ0v) is 17.7. The number of fused-ring (bicyclic) bond motifs is 1. The van der Waals surface area contributed by atoms with Crippen molar-refractivity contribution in [1.29, 1.82) is 0 Å². The van der Waals surface area contributed by atoms with Crippen molar-refractivity contribution in [1.82, 2.24) is 4.98 Å². The van der Waals surface area contributed by atoms with Gasteiger partial charge in [-0.15, -0.1) is 0 Å². The monoisotopic (exact) mass is 461 g/mol. The van der Waals surface area contributed by atoms with Crippen molar-refractivity contribution in [3.05, 3.63) is 65.9 Å². The normalized spacial score (nSPS) is 12.6. The second-order valence-corrected chi connectivity index (χ2v) is 8.58. The maximum Gasteiger partial charge on any atom is 0.417 e. The fourth-order valence-electron chi connectivity index (χ4n) is 2.93. The highest BCUT2D eigenvalue weighted by Gasteiger charge is 2.35. The maximum atomic E-state index is 13.3. The van der Waals surface area contributed by atoms with Gasteiger partial charge in [-0.25, -0.2) is 17.5 Å². The van der Waals surface area contributed by atoms with Crippen LogP contribution < -0.4 is 23.8 Å². The van der Waals surface area contributed by atoms with Gasteiger partial charge in [-0.05, 0) is 42.5 Å². The number of halogens is 1. The number of benzene rings is 2. The number of nitrogens with one attached hydrogen (secondary N) is 1. The highest BCUT2D eigenvalue weighted by atomic mass is 35.5. The van der Waals surface area contributed by atoms with E-state index in [0.717, 1.165) is 4.31 Å². The third-order valence-electron chi connectivity index (χ3n) is 4.35. The van der Waals surface area contributed by atoms with Crippen molar-refractivity contribution in [2.24, 2.45) is 0 Å². The van der Waals surface area contributed by atoms with Gasteiger partial charge in [-0.1, -0.05) is 11.6 Å². The Morgan fingerprint density at radius 2 is 2.06 bits per heavy atom. The van der Waals surface area contributed by atoms with E-state index >= 15 is 0 Å². The molecule has 2 aromatic carbocycles. The molecule has 0 saturated heterocycles. The standard InChI is InChI=1S/C20H16ClN3O6S/c1-28-18-6-4-13(21)9-19(18)31(26,27)24-12-29-17-7-5-15(10-16(17)24)30-20(25)23-14-3-2-8-22-11-14/h2-11H,12H2,1H3,(H,23,25). The molecule has 1 aliphatic heterocycles. The van der Waals surface area contributed by atoms with Crippen LogP contribution in [0.25, 0.3) is 0 Å². The summed E-state index contributed by atoms with van der Waals surface area (Å²) in [5.41, 5.74) is 0.669. The Labute approximate surface area is 183 Å². The molecular weight excluding hydrogens is 446 g/mol. The number of methoxy groups -OCH3 is 1. The number of sulfonamides is 1. The number of rotatable bonds is 5. The van der Waals surface area contributed by atoms with Crippen LogP contribution in [0.3, 0.4) is 0 Å². The fraction of sp³-hybridized carbons (Fsp3) is 0.100. The Morgan fingerprint density at radius 3 is 2.81 bits per heavy atom. The summed E-state index contributed by atoms with van der Waals surface area (Å²) in [6.45, 7) is -0.251. The molecule has 0 fully saturated rings. The molecule has 1 N–H and O–H groups in total. The molecule has 0 bridgehead atoms. The van der Waals surface area contributed by atoms with Crippen molar-refractivity contribution in [3.63, 3.8) is 0 Å². The molecule has 0 aliphatic carbocycles. The van der Waals surface area contributed by atoms with Gasteiger partial charge < -0.3 is 14.2 Å². The molecule has 0 spiro atoms. The van der Waals surface area contributed by atoms with Gasteiger partial charge in [0.05, 0.1) is 19.0 Å². The second-order valence-electron chi connectivity index (χ2n) is 6.31. The first kappa shape index (κ1) is 20.8. The van der Waals surface area contributed by atoms with Gasteiger partial charge in [0, 0.05) is 17.3 Å². The highest BCUT2D eigenvalue weighted by molar-refractivity contribution is 7.93. The van der Waals surface area contributed by atoms with Crippen LogP contribution in [0.2, 0.25) is 5.02 Å². The molecule has 0 atom stereocenters. The molecule has 1 aliphatic rings. The highest BCUT2D eigenvalue weighted by Crippen LogP contribution is 2.41. The van der Waals surface area contributed by atoms with Crippen LogP contribution >= 0.6 is 11.6 Å². The summed E-state index contributed by atoms with van der Waals surface area (Å²) in [6.07, 6.45) is 2.28. The van der Waals surface area contributed by atoms with Gasteiger partial charge in [-0.2, -0.15) is 0 Å². The zero-order valence-electron chi connectivity index (χ0n) is 16.1. The summed E-state index contributed by atoms with van der Waals surface area (Å²) in [5.74, 6) is 0.592. The summed E-state index contributed by atoms with van der Waals surface area (Å²) >= 11 is 6.00. The summed E-state index contributed by atoms with van der Waals surface area (Å²) in [5, 5.41) is 2.77. The largest absolute Gasteiger partial charge is 0.495 e. The molecule has 0 radical (unpaired) electrons. The van der Waals surface area contributed by atoms with E-state index in [-0.39, 0.29) is 33.8 Å². The molecule has 31 heavy (non-hydrogen) atoms. The summed E-state index contributed by atoms with van der Waals surface area (Å²) < 4.78 is 43.6. The van der Waals surface area contributed by atoms with E-state index < -0.39 is 16.1 Å². The van der Waals surface area contributed by atoms with Crippen LogP contribution in [0.1, 0.15) is 0 Å². The lowest BCUT2D eigenvalue weighted by Gasteiger charge is -2.19. The van der Waals surface area contributed by atoms with Crippen LogP contribution in [-0.2, 0) is 10.0 Å². The van der Waals surface area contributed by atoms with E-state index in [1.807, 2.05) is 0 Å². The summed E-state index contributed by atoms with van der Waals surface area (Å²) in [6, 6.07) is 12.0. The molecular formula is C20H16ClN3O6S. The Kier molecular flexibility index (Phi) is 5.57. The van der Waals surface area contributed by atoms with E-state index in [1.54, 1.807) is 18.3 Å². The topological polar surface area (TPSA) is 107 Å². The van der Waals surface area contributed by atoms with Crippen LogP contribution in [0, 0.1) is 0 Å². The lowest BCUT2D eigenvalue weighted by molar-refractivity contribution is 0.215. The van der Waals surface area contributed by atoms with Crippen LogP contribution in [0.4, 0.5) is 16.2 Å². The SMILES string of the molecule is COc1ccc(Cl)cc1S(=O)(=O)N1COc2ccc(OC(=O)Nc3cccnc3)cc21. The first-order chi connectivity index (χ1) is 14.9. The Balaban J connectivity index is 1.61. The number of pyridine rings is 1. The average molecular weight is 462 g/mol. The third kappa shape index (κ3) is 4.21. The lowest BCUT2D eigenvalue weighted by Crippen LogP contribution is -2.30. The molecule has 3 aromatic rings. The van der Waals surface area contributed by atoms with Crippen molar-refractivity contribution < 1.29 is 27.4 Å². The Morgan fingerprint density at radius 1 is 1.23 bits per heavy atom. The van der Waals surface area contributed by atoms with E-state index in [4.69, 9.17) is 25.8 Å². The molecule has 160 valence electrons. The minimum absolute atomic E-state index is 0.111. The van der Waals surface area contributed by atoms with Gasteiger partial charge >= 0.3 is 6.09 Å². The number of aromatic nitrogens is 1. The number of carbonyl (C=O) groups is 1. The van der Waals surface area contributed by atoms with Gasteiger partial charge in [0.2, 0.25) is 0 Å². The molecule has 4 rings (SSSR count). The third-order valence-corrected chi connectivity index (χ3v) is 6.34. The van der Waals surface area contributed by atoms with E-state index in [2.05, 4.69) is 10.3 Å². The average Bonchev–Trinajstić information content (AvgIpc) is 3.18. The number of amides is 1. The van der Waals surface area contributed by atoms with E-state index in [1.165, 1.54) is 49.7 Å². The smallest absolute Gasteiger partial charge is 0.417 e. The molecule has 0 unspecified atom stereocenters. The minimum atomic E-state index is -4.08.